The van der Waals surface area contributed by atoms with Gasteiger partial charge in [-0.15, -0.1) is 0 Å². The smallest absolute Gasteiger partial charge is 0.138 e. The molecule has 0 amide bonds. The number of carbonyl (C=O) groups excluding carboxylic acids is 1. The van der Waals surface area contributed by atoms with E-state index in [9.17, 15) is 4.79 Å². The van der Waals surface area contributed by atoms with Gasteiger partial charge in [-0.1, -0.05) is 46.5 Å². The minimum absolute atomic E-state index is 0.156. The molecule has 0 aromatic heterocycles. The molecular weight excluding hydrogens is 274 g/mol. The number of likely N-dealkylation sites (tertiary alicyclic amines) is 1. The summed E-state index contributed by atoms with van der Waals surface area (Å²) < 4.78 is 5.41. The van der Waals surface area contributed by atoms with Crippen LogP contribution in [-0.2, 0) is 9.53 Å². The van der Waals surface area contributed by atoms with Gasteiger partial charge in [-0.05, 0) is 32.2 Å². The van der Waals surface area contributed by atoms with Crippen LogP contribution in [0.1, 0.15) is 78.6 Å². The van der Waals surface area contributed by atoms with Gasteiger partial charge in [0.05, 0.1) is 6.10 Å². The molecule has 0 atom stereocenters. The molecule has 0 aromatic rings. The zero-order chi connectivity index (χ0) is 16.4. The Morgan fingerprint density at radius 2 is 1.55 bits per heavy atom. The van der Waals surface area contributed by atoms with E-state index in [1.807, 2.05) is 27.9 Å². The van der Waals surface area contributed by atoms with Crippen LogP contribution in [0.2, 0.25) is 0 Å². The van der Waals surface area contributed by atoms with Crippen molar-refractivity contribution in [3.8, 4) is 0 Å². The van der Waals surface area contributed by atoms with E-state index >= 15 is 0 Å². The van der Waals surface area contributed by atoms with Gasteiger partial charge < -0.3 is 9.64 Å². The first-order chi connectivity index (χ1) is 10.4. The summed E-state index contributed by atoms with van der Waals surface area (Å²) in [5, 5.41) is 0. The van der Waals surface area contributed by atoms with E-state index in [-0.39, 0.29) is 5.41 Å². The summed E-state index contributed by atoms with van der Waals surface area (Å²) >= 11 is 0. The average Bonchev–Trinajstić information content (AvgIpc) is 2.49. The first-order valence-electron chi connectivity index (χ1n) is 9.22. The zero-order valence-corrected chi connectivity index (χ0v) is 15.3. The molecule has 0 aromatic carbocycles. The molecule has 1 aliphatic rings. The van der Waals surface area contributed by atoms with Crippen LogP contribution in [0.4, 0.5) is 0 Å². The van der Waals surface area contributed by atoms with E-state index in [4.69, 9.17) is 4.74 Å². The molecule has 1 heterocycles. The van der Waals surface area contributed by atoms with Crippen molar-refractivity contribution in [3.05, 3.63) is 0 Å². The fraction of sp³-hybridized carbons (Fsp3) is 0.947. The third kappa shape index (κ3) is 8.28. The summed E-state index contributed by atoms with van der Waals surface area (Å²) in [5.74, 6) is 0.409. The molecule has 0 aliphatic carbocycles. The van der Waals surface area contributed by atoms with E-state index in [0.29, 0.717) is 11.9 Å². The molecule has 1 rings (SSSR count). The van der Waals surface area contributed by atoms with Crippen LogP contribution in [0, 0.1) is 5.41 Å². The SMILES string of the molecule is COC1CCN(CCCCCCCCC(=O)C(C)(C)C)CC1. The number of ketones is 1. The molecule has 3 heteroatoms. The largest absolute Gasteiger partial charge is 0.381 e. The number of unbranched alkanes of at least 4 members (excludes halogenated alkanes) is 5. The number of hydrogen-bond donors (Lipinski definition) is 0. The molecule has 22 heavy (non-hydrogen) atoms. The van der Waals surface area contributed by atoms with Crippen molar-refractivity contribution in [1.29, 1.82) is 0 Å². The van der Waals surface area contributed by atoms with Crippen LogP contribution < -0.4 is 0 Å². The van der Waals surface area contributed by atoms with Crippen LogP contribution in [0.3, 0.4) is 0 Å². The first-order valence-corrected chi connectivity index (χ1v) is 9.22. The normalized spacial score (nSPS) is 17.8. The molecule has 0 saturated carbocycles. The molecule has 0 radical (unpaired) electrons. The van der Waals surface area contributed by atoms with Crippen LogP contribution in [0.5, 0.6) is 0 Å². The fourth-order valence-corrected chi connectivity index (χ4v) is 3.07. The van der Waals surface area contributed by atoms with Gasteiger partial charge in [-0.25, -0.2) is 0 Å². The van der Waals surface area contributed by atoms with E-state index in [2.05, 4.69) is 4.90 Å². The van der Waals surface area contributed by atoms with Crippen molar-refractivity contribution in [3.63, 3.8) is 0 Å². The Kier molecular flexibility index (Phi) is 9.27. The number of piperidine rings is 1. The Balaban J connectivity index is 1.89. The van der Waals surface area contributed by atoms with Gasteiger partial charge in [0.15, 0.2) is 0 Å². The standard InChI is InChI=1S/C19H37NO2/c1-19(2,3)18(21)11-9-7-5-6-8-10-14-20-15-12-17(22-4)13-16-20/h17H,5-16H2,1-4H3. The minimum Gasteiger partial charge on any atom is -0.381 e. The Labute approximate surface area is 137 Å². The summed E-state index contributed by atoms with van der Waals surface area (Å²) in [7, 11) is 1.83. The van der Waals surface area contributed by atoms with Gasteiger partial charge >= 0.3 is 0 Å². The second-order valence-corrected chi connectivity index (χ2v) is 7.82. The lowest BCUT2D eigenvalue weighted by Gasteiger charge is -2.31. The molecular formula is C19H37NO2. The zero-order valence-electron chi connectivity index (χ0n) is 15.3. The van der Waals surface area contributed by atoms with Crippen molar-refractivity contribution in [2.75, 3.05) is 26.7 Å². The van der Waals surface area contributed by atoms with Gasteiger partial charge in [0.1, 0.15) is 5.78 Å². The maximum Gasteiger partial charge on any atom is 0.138 e. The molecule has 130 valence electrons. The molecule has 1 saturated heterocycles. The number of hydrogen-bond acceptors (Lipinski definition) is 3. The summed E-state index contributed by atoms with van der Waals surface area (Å²) in [4.78, 5) is 14.4. The third-order valence-corrected chi connectivity index (χ3v) is 4.83. The van der Waals surface area contributed by atoms with Gasteiger partial charge in [0, 0.05) is 32.0 Å². The number of nitrogens with zero attached hydrogens (tertiary/aromatic N) is 1. The summed E-state index contributed by atoms with van der Waals surface area (Å²) in [5.41, 5.74) is -0.156. The second kappa shape index (κ2) is 10.4. The van der Waals surface area contributed by atoms with Crippen LogP contribution in [-0.4, -0.2) is 43.5 Å². The van der Waals surface area contributed by atoms with E-state index in [1.54, 1.807) is 0 Å². The summed E-state index contributed by atoms with van der Waals surface area (Å²) in [6.07, 6.45) is 11.2. The average molecular weight is 312 g/mol. The minimum atomic E-state index is -0.156. The number of carbonyl (C=O) groups is 1. The first kappa shape index (κ1) is 19.6. The van der Waals surface area contributed by atoms with Gasteiger partial charge in [0.2, 0.25) is 0 Å². The Bertz CT molecular complexity index is 301. The summed E-state index contributed by atoms with van der Waals surface area (Å²) in [6.45, 7) is 9.71. The maximum atomic E-state index is 11.8. The highest BCUT2D eigenvalue weighted by atomic mass is 16.5. The van der Waals surface area contributed by atoms with Crippen LogP contribution in [0.25, 0.3) is 0 Å². The van der Waals surface area contributed by atoms with Crippen molar-refractivity contribution in [1.82, 2.24) is 4.90 Å². The van der Waals surface area contributed by atoms with E-state index in [0.717, 1.165) is 12.8 Å². The highest BCUT2D eigenvalue weighted by Crippen LogP contribution is 2.19. The van der Waals surface area contributed by atoms with Crippen LogP contribution >= 0.6 is 0 Å². The second-order valence-electron chi connectivity index (χ2n) is 7.82. The molecule has 0 N–H and O–H groups in total. The monoisotopic (exact) mass is 311 g/mol. The fourth-order valence-electron chi connectivity index (χ4n) is 3.07. The topological polar surface area (TPSA) is 29.5 Å². The Morgan fingerprint density at radius 1 is 1.00 bits per heavy atom. The molecule has 1 fully saturated rings. The van der Waals surface area contributed by atoms with Crippen LogP contribution in [0.15, 0.2) is 0 Å². The van der Waals surface area contributed by atoms with Crippen molar-refractivity contribution in [2.24, 2.45) is 5.41 Å². The van der Waals surface area contributed by atoms with Crippen molar-refractivity contribution >= 4 is 5.78 Å². The predicted molar refractivity (Wildman–Crippen MR) is 93.3 cm³/mol. The lowest BCUT2D eigenvalue weighted by atomic mass is 9.88. The lowest BCUT2D eigenvalue weighted by molar-refractivity contribution is -0.126. The van der Waals surface area contributed by atoms with E-state index in [1.165, 1.54) is 64.6 Å². The third-order valence-electron chi connectivity index (χ3n) is 4.83. The van der Waals surface area contributed by atoms with Gasteiger partial charge in [-0.3, -0.25) is 4.79 Å². The van der Waals surface area contributed by atoms with Crippen molar-refractivity contribution < 1.29 is 9.53 Å². The number of rotatable bonds is 10. The molecule has 3 nitrogen and oxygen atoms in total. The van der Waals surface area contributed by atoms with E-state index < -0.39 is 0 Å². The van der Waals surface area contributed by atoms with Gasteiger partial charge in [0.25, 0.3) is 0 Å². The lowest BCUT2D eigenvalue weighted by Crippen LogP contribution is -2.37. The molecule has 1 aliphatic heterocycles. The van der Waals surface area contributed by atoms with Gasteiger partial charge in [-0.2, -0.15) is 0 Å². The quantitative estimate of drug-likeness (QED) is 0.558. The Hall–Kier alpha value is -0.410. The number of Topliss-reactive ketones (excluding diaryl/α,β-unsaturated/α-hetero) is 1. The summed E-state index contributed by atoms with van der Waals surface area (Å²) in [6, 6.07) is 0. The molecule has 0 bridgehead atoms. The molecule has 0 spiro atoms. The maximum absolute atomic E-state index is 11.8. The predicted octanol–water partition coefficient (Wildman–Crippen LogP) is 4.44. The number of methoxy groups -OCH3 is 1. The number of ether oxygens (including phenoxy) is 1. The highest BCUT2D eigenvalue weighted by molar-refractivity contribution is 5.83. The molecule has 0 unspecified atom stereocenters. The van der Waals surface area contributed by atoms with Crippen molar-refractivity contribution in [2.45, 2.75) is 84.7 Å². The highest BCUT2D eigenvalue weighted by Gasteiger charge is 2.20. The Morgan fingerprint density at radius 3 is 2.09 bits per heavy atom.